The molecule has 1 fully saturated rings. The molecule has 17 heteroatoms. The molecule has 5 amide bonds. The number of carbonyl (C=O) groups excluding carboxylic acids is 5. The zero-order chi connectivity index (χ0) is 44.6. The molecule has 332 valence electrons. The molecule has 1 unspecified atom stereocenters. The molecular weight excluding hydrogens is 808 g/mol. The number of nitrogens with one attached hydrogen (secondary N) is 5. The summed E-state index contributed by atoms with van der Waals surface area (Å²) in [7, 11) is 0. The molecule has 2 aromatic heterocycles. The van der Waals surface area contributed by atoms with E-state index in [1.807, 2.05) is 43.0 Å². The summed E-state index contributed by atoms with van der Waals surface area (Å²) in [5.41, 5.74) is 4.63. The van der Waals surface area contributed by atoms with E-state index < -0.39 is 11.9 Å². The van der Waals surface area contributed by atoms with Crippen molar-refractivity contribution in [2.75, 3.05) is 53.6 Å². The van der Waals surface area contributed by atoms with Crippen LogP contribution in [0.4, 0.5) is 27.3 Å². The Morgan fingerprint density at radius 3 is 2.43 bits per heavy atom. The van der Waals surface area contributed by atoms with Gasteiger partial charge in [0.15, 0.2) is 11.4 Å². The largest absolute Gasteiger partial charge is 0.455 e. The second-order valence-electron chi connectivity index (χ2n) is 15.4. The summed E-state index contributed by atoms with van der Waals surface area (Å²) in [6.07, 6.45) is 10.7. The molecule has 5 aromatic rings. The molecule has 6 rings (SSSR count). The number of hydrogen-bond acceptors (Lipinski definition) is 11. The Morgan fingerprint density at radius 2 is 1.67 bits per heavy atom. The van der Waals surface area contributed by atoms with E-state index in [0.717, 1.165) is 68.6 Å². The maximum atomic E-state index is 14.4. The van der Waals surface area contributed by atoms with Gasteiger partial charge in [0.25, 0.3) is 5.91 Å². The van der Waals surface area contributed by atoms with Crippen molar-refractivity contribution in [1.82, 2.24) is 30.1 Å². The first-order valence-corrected chi connectivity index (χ1v) is 21.4. The highest BCUT2D eigenvalue weighted by Gasteiger charge is 2.22. The van der Waals surface area contributed by atoms with Crippen LogP contribution in [0, 0.1) is 12.7 Å². The van der Waals surface area contributed by atoms with Gasteiger partial charge in [0, 0.05) is 80.0 Å². The molecule has 1 atom stereocenters. The van der Waals surface area contributed by atoms with Crippen molar-refractivity contribution in [2.24, 2.45) is 0 Å². The number of rotatable bonds is 23. The molecule has 0 aliphatic carbocycles. The van der Waals surface area contributed by atoms with E-state index in [1.54, 1.807) is 41.2 Å². The fourth-order valence-corrected chi connectivity index (χ4v) is 7.40. The Kier molecular flexibility index (Phi) is 16.4. The van der Waals surface area contributed by atoms with Crippen LogP contribution in [-0.4, -0.2) is 88.8 Å². The number of hydrogen-bond donors (Lipinski definition) is 5. The fraction of sp³-hybridized carbons (Fsp3) is 0.370. The quantitative estimate of drug-likeness (QED) is 0.0360. The molecule has 0 saturated carbocycles. The van der Waals surface area contributed by atoms with E-state index in [0.29, 0.717) is 79.3 Å². The number of aryl methyl sites for hydroxylation is 1. The lowest BCUT2D eigenvalue weighted by molar-refractivity contribution is -0.131. The van der Waals surface area contributed by atoms with Crippen molar-refractivity contribution in [3.63, 3.8) is 0 Å². The van der Waals surface area contributed by atoms with Gasteiger partial charge in [-0.25, -0.2) is 13.9 Å². The standard InChI is InChI=1S/C46H55FN10O6/c1-3-9-39(46(62)51-31-59)53-36-13-15-37(16-14-36)55-22-24-56(25-23-55)43(60)10-7-5-4-6-8-20-48-45(61)33-11-17-38(50-30-58)41(27-33)63-40-18-12-35(47)26-34(40)29-49-42-19-21-57-44(54-42)32(2)28-52-57/h11-19,21,26-28,30-31,39,53H,3-10,20,22-25,29H2,1-2H3,(H,48,61)(H,49,54)(H,50,58)(H,51,59,62). The lowest BCUT2D eigenvalue weighted by Crippen LogP contribution is -2.48. The summed E-state index contributed by atoms with van der Waals surface area (Å²) in [5.74, 6) is 0.182. The van der Waals surface area contributed by atoms with Crippen LogP contribution in [0.2, 0.25) is 0 Å². The van der Waals surface area contributed by atoms with Gasteiger partial charge in [-0.3, -0.25) is 29.3 Å². The minimum Gasteiger partial charge on any atom is -0.455 e. The lowest BCUT2D eigenvalue weighted by Gasteiger charge is -2.36. The van der Waals surface area contributed by atoms with Gasteiger partial charge in [0.05, 0.1) is 11.9 Å². The molecule has 63 heavy (non-hydrogen) atoms. The minimum absolute atomic E-state index is 0.165. The van der Waals surface area contributed by atoms with E-state index >= 15 is 0 Å². The number of benzene rings is 3. The van der Waals surface area contributed by atoms with Gasteiger partial charge in [0.1, 0.15) is 23.4 Å². The van der Waals surface area contributed by atoms with Crippen LogP contribution in [-0.2, 0) is 25.7 Å². The highest BCUT2D eigenvalue weighted by Crippen LogP contribution is 2.33. The zero-order valence-electron chi connectivity index (χ0n) is 35.7. The summed E-state index contributed by atoms with van der Waals surface area (Å²) in [6, 6.07) is 18.0. The number of amides is 5. The Hall–Kier alpha value is -7.04. The molecule has 3 aromatic carbocycles. The summed E-state index contributed by atoms with van der Waals surface area (Å²) in [5, 5.41) is 18.4. The number of unbranched alkanes of at least 4 members (excludes halogenated alkanes) is 4. The number of carbonyl (C=O) groups is 5. The normalized spacial score (nSPS) is 12.9. The second-order valence-corrected chi connectivity index (χ2v) is 15.4. The summed E-state index contributed by atoms with van der Waals surface area (Å²) < 4.78 is 22.3. The van der Waals surface area contributed by atoms with Crippen molar-refractivity contribution in [2.45, 2.75) is 77.8 Å². The Balaban J connectivity index is 0.892. The van der Waals surface area contributed by atoms with E-state index in [9.17, 15) is 28.4 Å². The average molecular weight is 863 g/mol. The van der Waals surface area contributed by atoms with Crippen molar-refractivity contribution in [3.8, 4) is 11.5 Å². The van der Waals surface area contributed by atoms with Crippen molar-refractivity contribution < 1.29 is 33.1 Å². The highest BCUT2D eigenvalue weighted by molar-refractivity contribution is 5.96. The molecule has 0 radical (unpaired) electrons. The van der Waals surface area contributed by atoms with Crippen molar-refractivity contribution in [1.29, 1.82) is 0 Å². The van der Waals surface area contributed by atoms with Gasteiger partial charge >= 0.3 is 0 Å². The maximum Gasteiger partial charge on any atom is 0.251 e. The molecule has 1 aliphatic rings. The van der Waals surface area contributed by atoms with Gasteiger partial charge in [-0.2, -0.15) is 5.10 Å². The predicted molar refractivity (Wildman–Crippen MR) is 239 cm³/mol. The first kappa shape index (κ1) is 45.5. The number of imide groups is 1. The van der Waals surface area contributed by atoms with E-state index in [1.165, 1.54) is 18.2 Å². The summed E-state index contributed by atoms with van der Waals surface area (Å²) >= 11 is 0. The fourth-order valence-electron chi connectivity index (χ4n) is 7.40. The molecule has 16 nitrogen and oxygen atoms in total. The maximum absolute atomic E-state index is 14.4. The number of aromatic nitrogens is 3. The zero-order valence-corrected chi connectivity index (χ0v) is 35.7. The first-order valence-electron chi connectivity index (χ1n) is 21.4. The van der Waals surface area contributed by atoms with Crippen LogP contribution in [0.15, 0.2) is 79.1 Å². The molecule has 0 spiro atoms. The van der Waals surface area contributed by atoms with Crippen LogP contribution >= 0.6 is 0 Å². The smallest absolute Gasteiger partial charge is 0.251 e. The van der Waals surface area contributed by atoms with Gasteiger partial charge in [-0.1, -0.05) is 32.6 Å². The van der Waals surface area contributed by atoms with E-state index in [4.69, 9.17) is 4.74 Å². The van der Waals surface area contributed by atoms with E-state index in [2.05, 4.69) is 41.6 Å². The van der Waals surface area contributed by atoms with Crippen LogP contribution in [0.25, 0.3) is 5.65 Å². The predicted octanol–water partition coefficient (Wildman–Crippen LogP) is 6.42. The van der Waals surface area contributed by atoms with Gasteiger partial charge in [0.2, 0.25) is 24.6 Å². The van der Waals surface area contributed by atoms with Crippen LogP contribution in [0.1, 0.15) is 79.8 Å². The lowest BCUT2D eigenvalue weighted by atomic mass is 10.1. The SMILES string of the molecule is CCCC(Nc1ccc(N2CCN(C(=O)CCCCCCCNC(=O)c3ccc(NC=O)c(Oc4ccc(F)cc4CNc4ccn5ncc(C)c5n4)c3)CC2)cc1)C(=O)NC=O. The summed E-state index contributed by atoms with van der Waals surface area (Å²) in [6.45, 7) is 7.31. The van der Waals surface area contributed by atoms with Crippen molar-refractivity contribution in [3.05, 3.63) is 102 Å². The van der Waals surface area contributed by atoms with Gasteiger partial charge in [-0.15, -0.1) is 0 Å². The van der Waals surface area contributed by atoms with Crippen molar-refractivity contribution >= 4 is 59.1 Å². The summed E-state index contributed by atoms with van der Waals surface area (Å²) in [4.78, 5) is 69.2. The third kappa shape index (κ3) is 12.7. The molecule has 1 saturated heterocycles. The molecular formula is C46H55FN10O6. The molecule has 3 heterocycles. The van der Waals surface area contributed by atoms with Crippen LogP contribution in [0.5, 0.6) is 11.5 Å². The van der Waals surface area contributed by atoms with Crippen LogP contribution in [0.3, 0.4) is 0 Å². The van der Waals surface area contributed by atoms with Gasteiger partial charge in [-0.05, 0) is 92.9 Å². The number of fused-ring (bicyclic) bond motifs is 1. The number of nitrogens with zero attached hydrogens (tertiary/aromatic N) is 5. The topological polar surface area (TPSA) is 191 Å². The van der Waals surface area contributed by atoms with Gasteiger partial charge < -0.3 is 35.8 Å². The third-order valence-electron chi connectivity index (χ3n) is 10.9. The Morgan fingerprint density at radius 1 is 0.889 bits per heavy atom. The average Bonchev–Trinajstić information content (AvgIpc) is 3.67. The monoisotopic (exact) mass is 862 g/mol. The highest BCUT2D eigenvalue weighted by atomic mass is 19.1. The Bertz CT molecular complexity index is 2350. The first-order chi connectivity index (χ1) is 30.6. The number of halogens is 1. The third-order valence-corrected chi connectivity index (χ3v) is 10.9. The molecule has 1 aliphatic heterocycles. The van der Waals surface area contributed by atoms with E-state index in [-0.39, 0.29) is 30.0 Å². The Labute approximate surface area is 366 Å². The second kappa shape index (κ2) is 22.7. The molecule has 5 N–H and O–H groups in total. The minimum atomic E-state index is -0.490. The number of anilines is 4. The molecule has 0 bridgehead atoms. The number of piperazine rings is 1. The number of ether oxygens (including phenoxy) is 1. The van der Waals surface area contributed by atoms with Crippen LogP contribution < -0.4 is 36.2 Å².